The van der Waals surface area contributed by atoms with Crippen molar-refractivity contribution in [3.8, 4) is 5.75 Å². The molecule has 18 heavy (non-hydrogen) atoms. The van der Waals surface area contributed by atoms with Crippen molar-refractivity contribution in [1.29, 1.82) is 0 Å². The van der Waals surface area contributed by atoms with Gasteiger partial charge in [-0.15, -0.1) is 0 Å². The molecular formula is C12H14BrN3O2. The van der Waals surface area contributed by atoms with E-state index in [0.717, 1.165) is 28.2 Å². The molecule has 6 heteroatoms. The number of methoxy groups -OCH3 is 1. The van der Waals surface area contributed by atoms with E-state index in [1.54, 1.807) is 7.11 Å². The molecule has 0 bridgehead atoms. The normalized spacial score (nSPS) is 10.4. The first-order chi connectivity index (χ1) is 8.72. The van der Waals surface area contributed by atoms with Gasteiger partial charge in [0, 0.05) is 12.1 Å². The average Bonchev–Trinajstić information content (AvgIpc) is 2.84. The minimum absolute atomic E-state index is 0.506. The van der Waals surface area contributed by atoms with Gasteiger partial charge in [0.2, 0.25) is 5.89 Å². The summed E-state index contributed by atoms with van der Waals surface area (Å²) in [4.78, 5) is 4.22. The van der Waals surface area contributed by atoms with Crippen LogP contribution in [0.5, 0.6) is 5.75 Å². The summed E-state index contributed by atoms with van der Waals surface area (Å²) in [5.74, 6) is 2.10. The Balaban J connectivity index is 1.99. The Morgan fingerprint density at radius 3 is 2.89 bits per heavy atom. The quantitative estimate of drug-likeness (QED) is 0.919. The molecule has 0 aliphatic carbocycles. The van der Waals surface area contributed by atoms with Crippen molar-refractivity contribution in [3.05, 3.63) is 34.4 Å². The van der Waals surface area contributed by atoms with E-state index in [4.69, 9.17) is 9.26 Å². The summed E-state index contributed by atoms with van der Waals surface area (Å²) in [5.41, 5.74) is 0.957. The second-order valence-corrected chi connectivity index (χ2v) is 4.52. The standard InChI is InChI=1S/C12H14BrN3O2/c1-3-11-15-12(18-16-11)7-14-8-4-5-10(17-2)9(13)6-8/h4-6,14H,3,7H2,1-2H3. The fraction of sp³-hybridized carbons (Fsp3) is 0.333. The maximum absolute atomic E-state index is 5.17. The number of hydrogen-bond acceptors (Lipinski definition) is 5. The topological polar surface area (TPSA) is 60.2 Å². The highest BCUT2D eigenvalue weighted by molar-refractivity contribution is 9.10. The third kappa shape index (κ3) is 3.01. The fourth-order valence-corrected chi connectivity index (χ4v) is 2.00. The third-order valence-electron chi connectivity index (χ3n) is 2.42. The molecule has 1 aromatic heterocycles. The van der Waals surface area contributed by atoms with Crippen LogP contribution < -0.4 is 10.1 Å². The van der Waals surface area contributed by atoms with Crippen molar-refractivity contribution < 1.29 is 9.26 Å². The summed E-state index contributed by atoms with van der Waals surface area (Å²) in [7, 11) is 1.64. The summed E-state index contributed by atoms with van der Waals surface area (Å²) in [6.45, 7) is 2.49. The van der Waals surface area contributed by atoms with Crippen LogP contribution in [0.25, 0.3) is 0 Å². The number of anilines is 1. The number of aromatic nitrogens is 2. The van der Waals surface area contributed by atoms with E-state index in [1.165, 1.54) is 0 Å². The summed E-state index contributed by atoms with van der Waals surface area (Å²) in [6.07, 6.45) is 0.775. The smallest absolute Gasteiger partial charge is 0.245 e. The van der Waals surface area contributed by atoms with Crippen LogP contribution in [0.15, 0.2) is 27.2 Å². The summed E-state index contributed by atoms with van der Waals surface area (Å²) >= 11 is 3.43. The van der Waals surface area contributed by atoms with Crippen LogP contribution in [0.1, 0.15) is 18.6 Å². The molecule has 0 saturated carbocycles. The predicted octanol–water partition coefficient (Wildman–Crippen LogP) is 3.02. The van der Waals surface area contributed by atoms with E-state index < -0.39 is 0 Å². The van der Waals surface area contributed by atoms with Crippen LogP contribution in [0, 0.1) is 0 Å². The van der Waals surface area contributed by atoms with E-state index >= 15 is 0 Å². The molecule has 0 fully saturated rings. The Labute approximate surface area is 114 Å². The Kier molecular flexibility index (Phi) is 4.19. The maximum atomic E-state index is 5.17. The van der Waals surface area contributed by atoms with Crippen LogP contribution in [-0.2, 0) is 13.0 Å². The van der Waals surface area contributed by atoms with Crippen molar-refractivity contribution in [2.24, 2.45) is 0 Å². The molecule has 1 N–H and O–H groups in total. The van der Waals surface area contributed by atoms with Gasteiger partial charge in [-0.25, -0.2) is 0 Å². The van der Waals surface area contributed by atoms with Crippen molar-refractivity contribution >= 4 is 21.6 Å². The average molecular weight is 312 g/mol. The van der Waals surface area contributed by atoms with Crippen LogP contribution >= 0.6 is 15.9 Å². The van der Waals surface area contributed by atoms with E-state index in [-0.39, 0.29) is 0 Å². The van der Waals surface area contributed by atoms with Gasteiger partial charge in [-0.1, -0.05) is 12.1 Å². The van der Waals surface area contributed by atoms with Gasteiger partial charge in [0.25, 0.3) is 0 Å². The Morgan fingerprint density at radius 2 is 2.28 bits per heavy atom. The van der Waals surface area contributed by atoms with Gasteiger partial charge < -0.3 is 14.6 Å². The highest BCUT2D eigenvalue weighted by atomic mass is 79.9. The molecule has 2 rings (SSSR count). The molecule has 96 valence electrons. The molecule has 5 nitrogen and oxygen atoms in total. The summed E-state index contributed by atoms with van der Waals surface area (Å²) in [6, 6.07) is 5.76. The fourth-order valence-electron chi connectivity index (χ4n) is 1.46. The van der Waals surface area contributed by atoms with Gasteiger partial charge in [-0.05, 0) is 34.1 Å². The zero-order valence-electron chi connectivity index (χ0n) is 10.2. The van der Waals surface area contributed by atoms with E-state index in [2.05, 4.69) is 31.4 Å². The Bertz CT molecular complexity index is 528. The second-order valence-electron chi connectivity index (χ2n) is 3.66. The van der Waals surface area contributed by atoms with Crippen molar-refractivity contribution in [3.63, 3.8) is 0 Å². The van der Waals surface area contributed by atoms with Crippen LogP contribution in [-0.4, -0.2) is 17.3 Å². The molecule has 1 aromatic carbocycles. The number of halogens is 1. The van der Waals surface area contributed by atoms with Gasteiger partial charge in [0.1, 0.15) is 5.75 Å². The van der Waals surface area contributed by atoms with Crippen molar-refractivity contribution in [2.75, 3.05) is 12.4 Å². The number of nitrogens with zero attached hydrogens (tertiary/aromatic N) is 2. The van der Waals surface area contributed by atoms with E-state index in [9.17, 15) is 0 Å². The first-order valence-electron chi connectivity index (χ1n) is 5.61. The molecular weight excluding hydrogens is 298 g/mol. The van der Waals surface area contributed by atoms with E-state index in [1.807, 2.05) is 25.1 Å². The lowest BCUT2D eigenvalue weighted by Gasteiger charge is -2.07. The maximum Gasteiger partial charge on any atom is 0.245 e. The minimum Gasteiger partial charge on any atom is -0.496 e. The van der Waals surface area contributed by atoms with Crippen molar-refractivity contribution in [1.82, 2.24) is 10.1 Å². The SMILES string of the molecule is CCc1noc(CNc2ccc(OC)c(Br)c2)n1. The molecule has 0 atom stereocenters. The molecule has 0 unspecified atom stereocenters. The lowest BCUT2D eigenvalue weighted by atomic mass is 10.3. The van der Waals surface area contributed by atoms with Crippen molar-refractivity contribution in [2.45, 2.75) is 19.9 Å². The van der Waals surface area contributed by atoms with Crippen LogP contribution in [0.4, 0.5) is 5.69 Å². The first-order valence-corrected chi connectivity index (χ1v) is 6.41. The van der Waals surface area contributed by atoms with Gasteiger partial charge in [0.05, 0.1) is 18.1 Å². The van der Waals surface area contributed by atoms with Gasteiger partial charge in [0.15, 0.2) is 5.82 Å². The lowest BCUT2D eigenvalue weighted by molar-refractivity contribution is 0.378. The molecule has 2 aromatic rings. The number of hydrogen-bond donors (Lipinski definition) is 1. The molecule has 0 amide bonds. The lowest BCUT2D eigenvalue weighted by Crippen LogP contribution is -2.00. The molecule has 0 radical (unpaired) electrons. The molecule has 0 saturated heterocycles. The number of ether oxygens (including phenoxy) is 1. The molecule has 0 spiro atoms. The largest absolute Gasteiger partial charge is 0.496 e. The zero-order valence-corrected chi connectivity index (χ0v) is 11.8. The second kappa shape index (κ2) is 5.86. The summed E-state index contributed by atoms with van der Waals surface area (Å²) < 4.78 is 11.2. The number of benzene rings is 1. The van der Waals surface area contributed by atoms with Gasteiger partial charge >= 0.3 is 0 Å². The Morgan fingerprint density at radius 1 is 1.44 bits per heavy atom. The predicted molar refractivity (Wildman–Crippen MR) is 71.7 cm³/mol. The highest BCUT2D eigenvalue weighted by Gasteiger charge is 2.05. The number of aryl methyl sites for hydroxylation is 1. The van der Waals surface area contributed by atoms with E-state index in [0.29, 0.717) is 12.4 Å². The Hall–Kier alpha value is -1.56. The van der Waals surface area contributed by atoms with Gasteiger partial charge in [-0.3, -0.25) is 0 Å². The molecule has 0 aliphatic heterocycles. The van der Waals surface area contributed by atoms with Gasteiger partial charge in [-0.2, -0.15) is 4.98 Å². The van der Waals surface area contributed by atoms with Crippen LogP contribution in [0.2, 0.25) is 0 Å². The molecule has 0 aliphatic rings. The first kappa shape index (κ1) is 12.9. The third-order valence-corrected chi connectivity index (χ3v) is 3.04. The number of rotatable bonds is 5. The molecule has 1 heterocycles. The minimum atomic E-state index is 0.506. The summed E-state index contributed by atoms with van der Waals surface area (Å²) in [5, 5.41) is 7.05. The number of nitrogens with one attached hydrogen (secondary N) is 1. The monoisotopic (exact) mass is 311 g/mol. The van der Waals surface area contributed by atoms with Crippen LogP contribution in [0.3, 0.4) is 0 Å². The zero-order chi connectivity index (χ0) is 13.0. The highest BCUT2D eigenvalue weighted by Crippen LogP contribution is 2.27.